The Hall–Kier alpha value is -1.68. The first-order chi connectivity index (χ1) is 12.2. The number of carbonyl (C=O) groups excluding carboxylic acids is 2. The van der Waals surface area contributed by atoms with Crippen molar-refractivity contribution in [3.8, 4) is 0 Å². The third-order valence-corrected chi connectivity index (χ3v) is 6.02. The molecule has 2 unspecified atom stereocenters. The average Bonchev–Trinajstić information content (AvgIpc) is 2.59. The predicted octanol–water partition coefficient (Wildman–Crippen LogP) is 1.41. The zero-order valence-corrected chi connectivity index (χ0v) is 17.0. The van der Waals surface area contributed by atoms with Crippen molar-refractivity contribution >= 4 is 40.0 Å². The molecule has 1 aliphatic carbocycles. The number of methoxy groups -OCH3 is 1. The quantitative estimate of drug-likeness (QED) is 0.598. The number of anilines is 1. The molecule has 2 rings (SSSR count). The summed E-state index contributed by atoms with van der Waals surface area (Å²) in [6, 6.07) is 5.84. The number of benzene rings is 1. The zero-order chi connectivity index (χ0) is 19.4. The average molecular weight is 420 g/mol. The summed E-state index contributed by atoms with van der Waals surface area (Å²) < 4.78 is 31.0. The Labute approximate surface area is 165 Å². The normalized spacial score (nSPS) is 22.4. The Bertz CT molecular complexity index is 783. The second-order valence-corrected chi connectivity index (χ2v) is 8.49. The van der Waals surface area contributed by atoms with Gasteiger partial charge in [0.15, 0.2) is 0 Å². The Balaban J connectivity index is 0.00000364. The molecular weight excluding hydrogens is 394 g/mol. The molecule has 0 aliphatic heterocycles. The molecule has 1 aliphatic rings. The lowest BCUT2D eigenvalue weighted by molar-refractivity contribution is -0.139. The van der Waals surface area contributed by atoms with Gasteiger partial charge >= 0.3 is 5.97 Å². The lowest BCUT2D eigenvalue weighted by atomic mass is 9.74. The van der Waals surface area contributed by atoms with Crippen LogP contribution in [0.2, 0.25) is 0 Å². The molecule has 2 atom stereocenters. The number of nitrogens with two attached hydrogens (primary N) is 1. The molecule has 8 nitrogen and oxygen atoms in total. The van der Waals surface area contributed by atoms with Gasteiger partial charge in [-0.25, -0.2) is 8.42 Å². The number of nitrogens with one attached hydrogen (secondary N) is 2. The minimum absolute atomic E-state index is 0. The van der Waals surface area contributed by atoms with E-state index < -0.39 is 28.1 Å². The van der Waals surface area contributed by atoms with Gasteiger partial charge in [0, 0.05) is 11.2 Å². The van der Waals surface area contributed by atoms with Gasteiger partial charge in [0.25, 0.3) is 0 Å². The van der Waals surface area contributed by atoms with E-state index in [9.17, 15) is 18.0 Å². The number of hydrogen-bond donors (Lipinski definition) is 3. The van der Waals surface area contributed by atoms with Crippen molar-refractivity contribution in [2.45, 2.75) is 43.0 Å². The van der Waals surface area contributed by atoms with Crippen LogP contribution in [0.3, 0.4) is 0 Å². The van der Waals surface area contributed by atoms with Crippen molar-refractivity contribution in [1.29, 1.82) is 0 Å². The Morgan fingerprint density at radius 3 is 2.67 bits per heavy atom. The van der Waals surface area contributed by atoms with Crippen LogP contribution < -0.4 is 15.8 Å². The molecule has 0 bridgehead atoms. The van der Waals surface area contributed by atoms with E-state index in [4.69, 9.17) is 5.73 Å². The summed E-state index contributed by atoms with van der Waals surface area (Å²) in [6.45, 7) is 1.40. The summed E-state index contributed by atoms with van der Waals surface area (Å²) in [7, 11) is -2.73. The highest BCUT2D eigenvalue weighted by atomic mass is 35.5. The molecular formula is C17H26ClN3O5S. The first kappa shape index (κ1) is 23.4. The van der Waals surface area contributed by atoms with Crippen LogP contribution in [0.15, 0.2) is 29.2 Å². The van der Waals surface area contributed by atoms with Crippen molar-refractivity contribution in [2.24, 2.45) is 11.7 Å². The summed E-state index contributed by atoms with van der Waals surface area (Å²) in [5.74, 6) is -1.24. The van der Waals surface area contributed by atoms with E-state index in [-0.39, 0.29) is 29.1 Å². The predicted molar refractivity (Wildman–Crippen MR) is 104 cm³/mol. The van der Waals surface area contributed by atoms with Gasteiger partial charge in [-0.1, -0.05) is 18.9 Å². The van der Waals surface area contributed by atoms with Crippen LogP contribution in [-0.2, 0) is 24.3 Å². The van der Waals surface area contributed by atoms with Crippen LogP contribution in [0.1, 0.15) is 32.6 Å². The fraction of sp³-hybridized carbons (Fsp3) is 0.529. The SMILES string of the molecule is COC(=O)CNS(=O)(=O)c1cccc(NC(=O)C2CCCCC2(C)N)c1.Cl. The molecule has 1 aromatic rings. The zero-order valence-electron chi connectivity index (χ0n) is 15.4. The lowest BCUT2D eigenvalue weighted by Gasteiger charge is -2.37. The third kappa shape index (κ3) is 6.17. The number of ether oxygens (including phenoxy) is 1. The molecule has 0 spiro atoms. The molecule has 1 amide bonds. The van der Waals surface area contributed by atoms with Crippen molar-refractivity contribution in [2.75, 3.05) is 19.0 Å². The second-order valence-electron chi connectivity index (χ2n) is 6.72. The van der Waals surface area contributed by atoms with Crippen LogP contribution in [0, 0.1) is 5.92 Å². The number of carbonyl (C=O) groups is 2. The largest absolute Gasteiger partial charge is 0.468 e. The van der Waals surface area contributed by atoms with E-state index in [1.807, 2.05) is 6.92 Å². The Kier molecular flexibility index (Phi) is 8.22. The van der Waals surface area contributed by atoms with Crippen molar-refractivity contribution in [3.05, 3.63) is 24.3 Å². The molecule has 27 heavy (non-hydrogen) atoms. The van der Waals surface area contributed by atoms with Crippen LogP contribution in [0.25, 0.3) is 0 Å². The van der Waals surface area contributed by atoms with E-state index in [0.717, 1.165) is 19.3 Å². The van der Waals surface area contributed by atoms with Gasteiger partial charge in [0.1, 0.15) is 6.54 Å². The van der Waals surface area contributed by atoms with Crippen LogP contribution >= 0.6 is 12.4 Å². The van der Waals surface area contributed by atoms with Gasteiger partial charge in [-0.2, -0.15) is 4.72 Å². The molecule has 0 aromatic heterocycles. The molecule has 1 aromatic carbocycles. The number of sulfonamides is 1. The maximum absolute atomic E-state index is 12.6. The highest BCUT2D eigenvalue weighted by Gasteiger charge is 2.37. The molecule has 0 saturated heterocycles. The topological polar surface area (TPSA) is 128 Å². The lowest BCUT2D eigenvalue weighted by Crippen LogP contribution is -2.51. The first-order valence-electron chi connectivity index (χ1n) is 8.42. The van der Waals surface area contributed by atoms with Crippen molar-refractivity contribution in [3.63, 3.8) is 0 Å². The van der Waals surface area contributed by atoms with Gasteiger partial charge in [-0.3, -0.25) is 9.59 Å². The fourth-order valence-electron chi connectivity index (χ4n) is 3.07. The number of halogens is 1. The van der Waals surface area contributed by atoms with Gasteiger partial charge in [0.2, 0.25) is 15.9 Å². The number of amides is 1. The van der Waals surface area contributed by atoms with E-state index in [2.05, 4.69) is 14.8 Å². The molecule has 4 N–H and O–H groups in total. The molecule has 0 heterocycles. The van der Waals surface area contributed by atoms with E-state index in [1.165, 1.54) is 25.3 Å². The van der Waals surface area contributed by atoms with Gasteiger partial charge in [-0.05, 0) is 38.0 Å². The van der Waals surface area contributed by atoms with Crippen molar-refractivity contribution in [1.82, 2.24) is 4.72 Å². The van der Waals surface area contributed by atoms with Crippen LogP contribution in [-0.4, -0.2) is 39.5 Å². The fourth-order valence-corrected chi connectivity index (χ4v) is 4.08. The summed E-state index contributed by atoms with van der Waals surface area (Å²) in [5, 5.41) is 2.75. The minimum atomic E-state index is -3.90. The number of esters is 1. The maximum atomic E-state index is 12.6. The molecule has 0 radical (unpaired) electrons. The standard InChI is InChI=1S/C17H25N3O5S.ClH/c1-17(18)9-4-3-8-14(17)16(22)20-12-6-5-7-13(10-12)26(23,24)19-11-15(21)25-2;/h5-7,10,14,19H,3-4,8-9,11,18H2,1-2H3,(H,20,22);1H. The summed E-state index contributed by atoms with van der Waals surface area (Å²) >= 11 is 0. The number of hydrogen-bond acceptors (Lipinski definition) is 6. The first-order valence-corrected chi connectivity index (χ1v) is 9.90. The minimum Gasteiger partial charge on any atom is -0.468 e. The Morgan fingerprint density at radius 2 is 2.04 bits per heavy atom. The Morgan fingerprint density at radius 1 is 1.33 bits per heavy atom. The highest BCUT2D eigenvalue weighted by Crippen LogP contribution is 2.32. The smallest absolute Gasteiger partial charge is 0.320 e. The second kappa shape index (κ2) is 9.50. The highest BCUT2D eigenvalue weighted by molar-refractivity contribution is 7.89. The van der Waals surface area contributed by atoms with E-state index >= 15 is 0 Å². The number of rotatable bonds is 6. The maximum Gasteiger partial charge on any atom is 0.320 e. The monoisotopic (exact) mass is 419 g/mol. The van der Waals surface area contributed by atoms with Crippen LogP contribution in [0.4, 0.5) is 5.69 Å². The van der Waals surface area contributed by atoms with E-state index in [1.54, 1.807) is 6.07 Å². The van der Waals surface area contributed by atoms with Gasteiger partial charge < -0.3 is 15.8 Å². The molecule has 1 saturated carbocycles. The van der Waals surface area contributed by atoms with Crippen molar-refractivity contribution < 1.29 is 22.7 Å². The molecule has 1 fully saturated rings. The van der Waals surface area contributed by atoms with Crippen LogP contribution in [0.5, 0.6) is 0 Å². The van der Waals surface area contributed by atoms with E-state index in [0.29, 0.717) is 12.1 Å². The van der Waals surface area contributed by atoms with Gasteiger partial charge in [-0.15, -0.1) is 12.4 Å². The summed E-state index contributed by atoms with van der Waals surface area (Å²) in [4.78, 5) is 23.6. The molecule has 152 valence electrons. The summed E-state index contributed by atoms with van der Waals surface area (Å²) in [6.07, 6.45) is 3.42. The van der Waals surface area contributed by atoms with Gasteiger partial charge in [0.05, 0.1) is 17.9 Å². The molecule has 10 heteroatoms. The third-order valence-electron chi connectivity index (χ3n) is 4.62. The summed E-state index contributed by atoms with van der Waals surface area (Å²) in [5.41, 5.74) is 6.03.